The Labute approximate surface area is 795 Å². The van der Waals surface area contributed by atoms with E-state index < -0.39 is 29.8 Å². The first-order valence-electron chi connectivity index (χ1n) is 41.6. The van der Waals surface area contributed by atoms with Crippen LogP contribution >= 0.6 is 66.1 Å². The summed E-state index contributed by atoms with van der Waals surface area (Å²) < 4.78 is 25.6. The third-order valence-corrected chi connectivity index (χ3v) is 24.2. The number of hydrogen-bond acceptors (Lipinski definition) is 25. The van der Waals surface area contributed by atoms with Crippen molar-refractivity contribution in [3.8, 4) is 129 Å². The number of aliphatic carboxylic acids is 2. The van der Waals surface area contributed by atoms with E-state index in [2.05, 4.69) is 136 Å². The minimum atomic E-state index is -1.24. The molecular formula is C96H85Br2ClN20O13S2. The molecule has 0 bridgehead atoms. The SMILES string of the molecule is Cc1cccc(-c2nnc(-c3c(Br)c(C(=O)O)nn3-c3ccccc3C(C)C)o2)c1.Cc1cccc(-c2nnc(-c3c(Br)c(C(=O)O)nn3-c3ccccc3C(C)C)s2)c1.Cc1cccc(-c2nnc(-c3c(Cl)c(C(=O)O)nn3-c3ccccc3C(C)C)o2)c1.Cc1cccc(-c2nnc(-c3cc(C)nn3CC(=O)O)o2)c1.Cc1cccc(-c2nnc(-c3cc(C)nn3CC(=O)O)s2)c1. The van der Waals surface area contributed by atoms with Crippen molar-refractivity contribution in [1.82, 2.24) is 99.9 Å². The normalized spacial score (nSPS) is 11.1. The summed E-state index contributed by atoms with van der Waals surface area (Å²) in [5, 5.41) is 113. The van der Waals surface area contributed by atoms with Gasteiger partial charge in [0.15, 0.2) is 32.8 Å². The van der Waals surface area contributed by atoms with Crippen molar-refractivity contribution >= 4 is 96.0 Å². The molecule has 33 nitrogen and oxygen atoms in total. The molecular weight excluding hydrogens is 1900 g/mol. The van der Waals surface area contributed by atoms with Crippen molar-refractivity contribution in [2.24, 2.45) is 0 Å². The number of halogens is 3. The van der Waals surface area contributed by atoms with Crippen molar-refractivity contribution in [2.75, 3.05) is 0 Å². The Balaban J connectivity index is 0.000000135. The van der Waals surface area contributed by atoms with Crippen LogP contribution in [0.5, 0.6) is 0 Å². The van der Waals surface area contributed by atoms with E-state index in [4.69, 9.17) is 35.1 Å². The highest BCUT2D eigenvalue weighted by Gasteiger charge is 2.33. The van der Waals surface area contributed by atoms with E-state index in [1.54, 1.807) is 22.4 Å². The summed E-state index contributed by atoms with van der Waals surface area (Å²) in [6.45, 7) is 25.5. The van der Waals surface area contributed by atoms with Crippen LogP contribution in [0.15, 0.2) is 228 Å². The highest BCUT2D eigenvalue weighted by atomic mass is 79.9. The van der Waals surface area contributed by atoms with Crippen LogP contribution in [-0.4, -0.2) is 155 Å². The first-order valence-corrected chi connectivity index (χ1v) is 45.2. The van der Waals surface area contributed by atoms with Crippen molar-refractivity contribution in [3.63, 3.8) is 0 Å². The highest BCUT2D eigenvalue weighted by molar-refractivity contribution is 9.11. The number of aryl methyl sites for hydroxylation is 7. The number of aromatic carboxylic acids is 3. The zero-order valence-corrected chi connectivity index (χ0v) is 79.7. The van der Waals surface area contributed by atoms with Crippen molar-refractivity contribution < 1.29 is 62.8 Å². The summed E-state index contributed by atoms with van der Waals surface area (Å²) in [4.78, 5) is 57.1. The molecule has 0 fully saturated rings. The van der Waals surface area contributed by atoms with Gasteiger partial charge in [-0.3, -0.25) is 14.3 Å². The number of hydrogen-bond donors (Lipinski definition) is 5. The van der Waals surface area contributed by atoms with E-state index in [9.17, 15) is 39.3 Å². The van der Waals surface area contributed by atoms with Crippen LogP contribution in [0.4, 0.5) is 0 Å². The van der Waals surface area contributed by atoms with Crippen molar-refractivity contribution in [1.29, 1.82) is 0 Å². The van der Waals surface area contributed by atoms with Gasteiger partial charge >= 0.3 is 29.8 Å². The molecule has 0 saturated carbocycles. The third kappa shape index (κ3) is 21.7. The second kappa shape index (κ2) is 41.6. The fraction of sp³-hybridized carbons (Fsp3) is 0.188. The van der Waals surface area contributed by atoms with E-state index >= 15 is 0 Å². The molecule has 10 aromatic heterocycles. The maximum absolute atomic E-state index is 11.8. The molecule has 8 aromatic carbocycles. The summed E-state index contributed by atoms with van der Waals surface area (Å²) in [5.74, 6) is -3.22. The molecule has 0 aliphatic heterocycles. The molecule has 0 amide bonds. The topological polar surface area (TPSA) is 444 Å². The standard InChI is InChI=1S/C22H19BrN4O3.C22H19BrN4O2S.C22H19ClN4O3.C15H14N4O3.C15H14N4O2S/c3*1-12(2)15-9-4-5-10-16(15)27-19(17(23)18(26-27)22(28)29)21-25-24-20(30-21)14-8-6-7-13(3)11-14;2*1-9-4-3-5-11(6-9)14-16-17-15(22-14)12-7-10(2)18-19(12)8-13(20)21/h3*4-12H,1-3H3,(H,28,29);2*3-7H,8H2,1-2H3,(H,20,21). The largest absolute Gasteiger partial charge is 0.480 e. The maximum Gasteiger partial charge on any atom is 0.358 e. The minimum absolute atomic E-state index is 0.0551. The highest BCUT2D eigenvalue weighted by Crippen LogP contribution is 2.43. The quantitative estimate of drug-likeness (QED) is 0.0397. The van der Waals surface area contributed by atoms with Crippen LogP contribution in [0.1, 0.15) is 147 Å². The van der Waals surface area contributed by atoms with Crippen LogP contribution in [0.25, 0.3) is 129 Å². The third-order valence-electron chi connectivity index (χ3n) is 20.3. The molecule has 0 atom stereocenters. The number of para-hydroxylation sites is 3. The zero-order chi connectivity index (χ0) is 95.6. The Morgan fingerprint density at radius 2 is 0.642 bits per heavy atom. The number of carboxylic acids is 5. The lowest BCUT2D eigenvalue weighted by molar-refractivity contribution is -0.138. The van der Waals surface area contributed by atoms with Crippen LogP contribution in [0.2, 0.25) is 5.02 Å². The lowest BCUT2D eigenvalue weighted by atomic mass is 10.0. The average molecular weight is 1990 g/mol. The minimum Gasteiger partial charge on any atom is -0.480 e. The monoisotopic (exact) mass is 1980 g/mol. The van der Waals surface area contributed by atoms with Gasteiger partial charge < -0.3 is 38.8 Å². The predicted octanol–water partition coefficient (Wildman–Crippen LogP) is 21.9. The number of carboxylic acid groups (broad SMARTS) is 5. The molecule has 0 radical (unpaired) electrons. The average Bonchev–Trinajstić information content (AvgIpc) is 1.62. The Hall–Kier alpha value is -15.1. The van der Waals surface area contributed by atoms with Gasteiger partial charge in [0.2, 0.25) is 17.7 Å². The van der Waals surface area contributed by atoms with E-state index in [1.807, 2.05) is 256 Å². The molecule has 5 N–H and O–H groups in total. The molecule has 134 heavy (non-hydrogen) atoms. The number of benzene rings is 8. The molecule has 0 spiro atoms. The maximum atomic E-state index is 11.8. The molecule has 0 saturated heterocycles. The van der Waals surface area contributed by atoms with Gasteiger partial charge in [-0.1, -0.05) is 231 Å². The van der Waals surface area contributed by atoms with Gasteiger partial charge in [-0.05, 0) is 194 Å². The Bertz CT molecular complexity index is 6800. The van der Waals surface area contributed by atoms with Crippen LogP contribution in [-0.2, 0) is 22.7 Å². The van der Waals surface area contributed by atoms with E-state index in [-0.39, 0.29) is 80.8 Å². The second-order valence-corrected chi connectivity index (χ2v) is 35.6. The van der Waals surface area contributed by atoms with Gasteiger partial charge in [-0.25, -0.2) is 33.1 Å². The van der Waals surface area contributed by atoms with Gasteiger partial charge in [0, 0.05) is 27.8 Å². The number of aromatic nitrogens is 20. The molecule has 38 heteroatoms. The Morgan fingerprint density at radius 3 is 1.04 bits per heavy atom. The van der Waals surface area contributed by atoms with Crippen LogP contribution < -0.4 is 0 Å². The van der Waals surface area contributed by atoms with Gasteiger partial charge in [-0.15, -0.1) is 51.0 Å². The van der Waals surface area contributed by atoms with Crippen molar-refractivity contribution in [2.45, 2.75) is 121 Å². The number of carbonyl (C=O) groups is 5. The fourth-order valence-electron chi connectivity index (χ4n) is 14.2. The lowest BCUT2D eigenvalue weighted by Gasteiger charge is -2.14. The first-order chi connectivity index (χ1) is 64.1. The van der Waals surface area contributed by atoms with E-state index in [0.29, 0.717) is 66.3 Å². The Morgan fingerprint density at radius 1 is 0.336 bits per heavy atom. The fourth-order valence-corrected chi connectivity index (χ4v) is 17.5. The summed E-state index contributed by atoms with van der Waals surface area (Å²) in [6, 6.07) is 65.8. The van der Waals surface area contributed by atoms with Crippen LogP contribution in [0, 0.1) is 48.5 Å². The molecule has 0 aliphatic carbocycles. The number of rotatable bonds is 23. The molecule has 10 heterocycles. The zero-order valence-electron chi connectivity index (χ0n) is 74.2. The summed E-state index contributed by atoms with van der Waals surface area (Å²) in [7, 11) is 0. The first kappa shape index (κ1) is 95.0. The number of nitrogens with zero attached hydrogens (tertiary/aromatic N) is 20. The lowest BCUT2D eigenvalue weighted by Crippen LogP contribution is -2.11. The summed E-state index contributed by atoms with van der Waals surface area (Å²) >= 11 is 16.1. The van der Waals surface area contributed by atoms with Gasteiger partial charge in [0.25, 0.3) is 17.7 Å². The van der Waals surface area contributed by atoms with E-state index in [0.717, 1.165) is 99.4 Å². The Kier molecular flexibility index (Phi) is 29.5. The molecule has 18 rings (SSSR count). The molecule has 0 unspecified atom stereocenters. The van der Waals surface area contributed by atoms with E-state index in [1.165, 1.54) is 36.7 Å². The van der Waals surface area contributed by atoms with Gasteiger partial charge in [0.05, 0.1) is 43.1 Å². The summed E-state index contributed by atoms with van der Waals surface area (Å²) in [6.07, 6.45) is 0. The van der Waals surface area contributed by atoms with Crippen molar-refractivity contribution in [3.05, 3.63) is 293 Å². The van der Waals surface area contributed by atoms with Gasteiger partial charge in [-0.2, -0.15) is 25.5 Å². The summed E-state index contributed by atoms with van der Waals surface area (Å²) in [5.41, 5.74) is 18.5. The second-order valence-electron chi connectivity index (χ2n) is 31.7. The smallest absolute Gasteiger partial charge is 0.358 e. The van der Waals surface area contributed by atoms with Gasteiger partial charge in [0.1, 0.15) is 45.2 Å². The molecule has 680 valence electrons. The van der Waals surface area contributed by atoms with Crippen LogP contribution in [0.3, 0.4) is 0 Å². The predicted molar refractivity (Wildman–Crippen MR) is 512 cm³/mol. The molecule has 0 aliphatic rings. The molecule has 18 aromatic rings.